The van der Waals surface area contributed by atoms with Crippen molar-refractivity contribution in [2.24, 2.45) is 17.6 Å². The highest BCUT2D eigenvalue weighted by molar-refractivity contribution is 5.85. The molecule has 26 heavy (non-hydrogen) atoms. The first-order chi connectivity index (χ1) is 12.2. The highest BCUT2D eigenvalue weighted by Crippen LogP contribution is 2.34. The lowest BCUT2D eigenvalue weighted by Crippen LogP contribution is -2.51. The van der Waals surface area contributed by atoms with Crippen LogP contribution in [-0.4, -0.2) is 42.4 Å². The fourth-order valence-electron chi connectivity index (χ4n) is 4.38. The Morgan fingerprint density at radius 1 is 1.12 bits per heavy atom. The van der Waals surface area contributed by atoms with Crippen LogP contribution in [0.5, 0.6) is 0 Å². The van der Waals surface area contributed by atoms with Crippen LogP contribution in [0.4, 0.5) is 0 Å². The lowest BCUT2D eigenvalue weighted by Gasteiger charge is -2.39. The van der Waals surface area contributed by atoms with Crippen LogP contribution >= 0.6 is 12.4 Å². The van der Waals surface area contributed by atoms with Crippen LogP contribution < -0.4 is 11.1 Å². The van der Waals surface area contributed by atoms with Crippen molar-refractivity contribution in [2.45, 2.75) is 83.6 Å². The fourth-order valence-corrected chi connectivity index (χ4v) is 4.38. The molecule has 0 aromatic heterocycles. The van der Waals surface area contributed by atoms with Gasteiger partial charge in [0, 0.05) is 38.0 Å². The van der Waals surface area contributed by atoms with Crippen molar-refractivity contribution in [3.05, 3.63) is 0 Å². The van der Waals surface area contributed by atoms with Crippen LogP contribution in [0.3, 0.4) is 0 Å². The Kier molecular flexibility index (Phi) is 11.2. The molecule has 1 saturated heterocycles. The van der Waals surface area contributed by atoms with Crippen LogP contribution in [0.2, 0.25) is 0 Å². The smallest absolute Gasteiger partial charge is 0.225 e. The van der Waals surface area contributed by atoms with E-state index in [2.05, 4.69) is 17.1 Å². The molecule has 0 aromatic rings. The molecule has 2 aliphatic rings. The molecule has 0 spiro atoms. The van der Waals surface area contributed by atoms with Gasteiger partial charge in [0.2, 0.25) is 11.8 Å². The second-order valence-electron chi connectivity index (χ2n) is 7.88. The third-order valence-corrected chi connectivity index (χ3v) is 5.98. The maximum Gasteiger partial charge on any atom is 0.225 e. The quantitative estimate of drug-likeness (QED) is 0.671. The van der Waals surface area contributed by atoms with Crippen molar-refractivity contribution in [1.82, 2.24) is 10.2 Å². The summed E-state index contributed by atoms with van der Waals surface area (Å²) in [7, 11) is 0. The van der Waals surface area contributed by atoms with Gasteiger partial charge in [-0.1, -0.05) is 26.2 Å². The molecule has 2 amide bonds. The van der Waals surface area contributed by atoms with Gasteiger partial charge in [0.25, 0.3) is 0 Å². The standard InChI is InChI=1S/C20H37N3O2.ClH/c1-2-3-6-16-8-10-17(11-9-16)20(25)23-14-5-4-7-18(23)15-22-19(24)12-13-21;/h16-18H,2-15,21H2,1H3,(H,22,24);1H. The summed E-state index contributed by atoms with van der Waals surface area (Å²) in [5.74, 6) is 1.37. The first kappa shape index (κ1) is 23.2. The Balaban J connectivity index is 0.00000338. The molecule has 1 aliphatic carbocycles. The number of unbranched alkanes of at least 4 members (excludes halogenated alkanes) is 1. The maximum atomic E-state index is 13.0. The van der Waals surface area contributed by atoms with Crippen LogP contribution in [-0.2, 0) is 9.59 Å². The summed E-state index contributed by atoms with van der Waals surface area (Å²) < 4.78 is 0. The molecule has 3 N–H and O–H groups in total. The first-order valence-corrected chi connectivity index (χ1v) is 10.4. The number of amides is 2. The zero-order chi connectivity index (χ0) is 18.1. The number of rotatable bonds is 8. The summed E-state index contributed by atoms with van der Waals surface area (Å²) in [5, 5.41) is 2.96. The minimum atomic E-state index is -0.00287. The van der Waals surface area contributed by atoms with Gasteiger partial charge in [0.05, 0.1) is 0 Å². The van der Waals surface area contributed by atoms with Gasteiger partial charge in [-0.25, -0.2) is 0 Å². The van der Waals surface area contributed by atoms with Crippen LogP contribution in [0.25, 0.3) is 0 Å². The summed E-state index contributed by atoms with van der Waals surface area (Å²) in [6.07, 6.45) is 12.0. The topological polar surface area (TPSA) is 75.4 Å². The monoisotopic (exact) mass is 387 g/mol. The van der Waals surface area contributed by atoms with Crippen molar-refractivity contribution in [3.63, 3.8) is 0 Å². The summed E-state index contributed by atoms with van der Waals surface area (Å²) in [4.78, 5) is 26.8. The molecule has 1 aliphatic heterocycles. The molecule has 1 heterocycles. The molecule has 1 saturated carbocycles. The number of hydrogen-bond donors (Lipinski definition) is 2. The van der Waals surface area contributed by atoms with Crippen LogP contribution in [0.15, 0.2) is 0 Å². The van der Waals surface area contributed by atoms with Gasteiger partial charge >= 0.3 is 0 Å². The molecule has 1 unspecified atom stereocenters. The van der Waals surface area contributed by atoms with E-state index in [1.807, 2.05) is 0 Å². The molecule has 2 rings (SSSR count). The van der Waals surface area contributed by atoms with E-state index in [0.717, 1.165) is 44.6 Å². The SMILES string of the molecule is CCCCC1CCC(C(=O)N2CCCCC2CNC(=O)CCN)CC1.Cl. The van der Waals surface area contributed by atoms with Crippen molar-refractivity contribution in [2.75, 3.05) is 19.6 Å². The highest BCUT2D eigenvalue weighted by atomic mass is 35.5. The van der Waals surface area contributed by atoms with Crippen molar-refractivity contribution in [3.8, 4) is 0 Å². The molecule has 0 radical (unpaired) electrons. The van der Waals surface area contributed by atoms with E-state index in [9.17, 15) is 9.59 Å². The average molecular weight is 388 g/mol. The molecule has 0 aromatic carbocycles. The van der Waals surface area contributed by atoms with Gasteiger partial charge in [0.1, 0.15) is 0 Å². The van der Waals surface area contributed by atoms with E-state index in [1.165, 1.54) is 32.1 Å². The number of carbonyl (C=O) groups is 2. The average Bonchev–Trinajstić information content (AvgIpc) is 2.65. The lowest BCUT2D eigenvalue weighted by atomic mass is 9.79. The Labute approximate surface area is 165 Å². The molecular weight excluding hydrogens is 350 g/mol. The molecular formula is C20H38ClN3O2. The number of nitrogens with zero attached hydrogens (tertiary/aromatic N) is 1. The number of likely N-dealkylation sites (tertiary alicyclic amines) is 1. The molecule has 5 nitrogen and oxygen atoms in total. The second-order valence-corrected chi connectivity index (χ2v) is 7.88. The Bertz CT molecular complexity index is 425. The normalized spacial score (nSPS) is 26.1. The molecule has 1 atom stereocenters. The maximum absolute atomic E-state index is 13.0. The number of nitrogens with one attached hydrogen (secondary N) is 1. The number of hydrogen-bond acceptors (Lipinski definition) is 3. The largest absolute Gasteiger partial charge is 0.354 e. The molecule has 152 valence electrons. The lowest BCUT2D eigenvalue weighted by molar-refractivity contribution is -0.141. The molecule has 2 fully saturated rings. The van der Waals surface area contributed by atoms with E-state index in [0.29, 0.717) is 25.4 Å². The fraction of sp³-hybridized carbons (Fsp3) is 0.900. The predicted molar refractivity (Wildman–Crippen MR) is 108 cm³/mol. The third kappa shape index (κ3) is 7.07. The van der Waals surface area contributed by atoms with E-state index in [1.54, 1.807) is 0 Å². The van der Waals surface area contributed by atoms with E-state index >= 15 is 0 Å². The van der Waals surface area contributed by atoms with Gasteiger partial charge in [-0.3, -0.25) is 9.59 Å². The van der Waals surface area contributed by atoms with Gasteiger partial charge in [-0.15, -0.1) is 12.4 Å². The van der Waals surface area contributed by atoms with Gasteiger partial charge in [0.15, 0.2) is 0 Å². The number of piperidine rings is 1. The van der Waals surface area contributed by atoms with E-state index < -0.39 is 0 Å². The minimum Gasteiger partial charge on any atom is -0.354 e. The van der Waals surface area contributed by atoms with E-state index in [-0.39, 0.29) is 30.3 Å². The molecule has 6 heteroatoms. The number of halogens is 1. The van der Waals surface area contributed by atoms with Gasteiger partial charge < -0.3 is 16.0 Å². The van der Waals surface area contributed by atoms with Gasteiger partial charge in [-0.2, -0.15) is 0 Å². The van der Waals surface area contributed by atoms with Crippen molar-refractivity contribution < 1.29 is 9.59 Å². The predicted octanol–water partition coefficient (Wildman–Crippen LogP) is 3.25. The third-order valence-electron chi connectivity index (χ3n) is 5.98. The van der Waals surface area contributed by atoms with Gasteiger partial charge in [-0.05, 0) is 50.9 Å². The summed E-state index contributed by atoms with van der Waals surface area (Å²) in [6, 6.07) is 0.167. The zero-order valence-corrected chi connectivity index (χ0v) is 17.2. The van der Waals surface area contributed by atoms with Crippen LogP contribution in [0, 0.1) is 11.8 Å². The summed E-state index contributed by atoms with van der Waals surface area (Å²) in [6.45, 7) is 4.06. The van der Waals surface area contributed by atoms with E-state index in [4.69, 9.17) is 5.73 Å². The summed E-state index contributed by atoms with van der Waals surface area (Å²) in [5.41, 5.74) is 5.43. The highest BCUT2D eigenvalue weighted by Gasteiger charge is 2.33. The Morgan fingerprint density at radius 2 is 1.85 bits per heavy atom. The first-order valence-electron chi connectivity index (χ1n) is 10.4. The Hall–Kier alpha value is -0.810. The van der Waals surface area contributed by atoms with Crippen molar-refractivity contribution in [1.29, 1.82) is 0 Å². The minimum absolute atomic E-state index is 0. The molecule has 0 bridgehead atoms. The van der Waals surface area contributed by atoms with Crippen LogP contribution in [0.1, 0.15) is 77.6 Å². The van der Waals surface area contributed by atoms with Crippen molar-refractivity contribution >= 4 is 24.2 Å². The zero-order valence-electron chi connectivity index (χ0n) is 16.4. The number of carbonyl (C=O) groups excluding carboxylic acids is 2. The Morgan fingerprint density at radius 3 is 2.50 bits per heavy atom. The summed E-state index contributed by atoms with van der Waals surface area (Å²) >= 11 is 0. The number of nitrogens with two attached hydrogens (primary N) is 1. The second kappa shape index (κ2) is 12.6.